The number of methoxy groups -OCH3 is 2. The van der Waals surface area contributed by atoms with Crippen LogP contribution >= 0.6 is 11.3 Å². The number of phenolic OH excluding ortho intramolecular Hbond substituents is 1. The summed E-state index contributed by atoms with van der Waals surface area (Å²) in [6, 6.07) is 4.32. The van der Waals surface area contributed by atoms with E-state index in [-0.39, 0.29) is 32.3 Å². The van der Waals surface area contributed by atoms with Gasteiger partial charge in [0.05, 0.1) is 19.8 Å². The first kappa shape index (κ1) is 19.3. The van der Waals surface area contributed by atoms with Gasteiger partial charge in [-0.05, 0) is 24.6 Å². The molecule has 0 aliphatic heterocycles. The largest absolute Gasteiger partial charge is 0.508 e. The van der Waals surface area contributed by atoms with Crippen LogP contribution in [-0.2, 0) is 20.8 Å². The highest BCUT2D eigenvalue weighted by Gasteiger charge is 2.28. The summed E-state index contributed by atoms with van der Waals surface area (Å²) in [4.78, 5) is 36.1. The number of aromatic hydroxyl groups is 1. The molecule has 0 atom stereocenters. The van der Waals surface area contributed by atoms with Gasteiger partial charge in [0.15, 0.2) is 0 Å². The molecule has 26 heavy (non-hydrogen) atoms. The molecule has 138 valence electrons. The Bertz CT molecular complexity index is 872. The van der Waals surface area contributed by atoms with Crippen LogP contribution in [0.5, 0.6) is 5.75 Å². The summed E-state index contributed by atoms with van der Waals surface area (Å²) in [6.07, 6.45) is 0. The van der Waals surface area contributed by atoms with Gasteiger partial charge in [-0.2, -0.15) is 0 Å². The van der Waals surface area contributed by atoms with E-state index >= 15 is 0 Å². The first-order chi connectivity index (χ1) is 12.3. The van der Waals surface area contributed by atoms with Crippen LogP contribution in [0, 0.1) is 6.92 Å². The molecule has 2 aromatic rings. The zero-order chi connectivity index (χ0) is 19.4. The SMILES string of the molecule is COC(=O)c1sc(N)c(C(=O)OC)c1COC(=O)c1ccc(C)c(O)c1. The first-order valence-corrected chi connectivity index (χ1v) is 8.16. The number of benzene rings is 1. The number of esters is 3. The predicted molar refractivity (Wildman–Crippen MR) is 93.4 cm³/mol. The van der Waals surface area contributed by atoms with Crippen LogP contribution in [0.25, 0.3) is 0 Å². The van der Waals surface area contributed by atoms with Crippen molar-refractivity contribution in [3.05, 3.63) is 45.3 Å². The Hall–Kier alpha value is -3.07. The van der Waals surface area contributed by atoms with Gasteiger partial charge in [-0.25, -0.2) is 14.4 Å². The van der Waals surface area contributed by atoms with Gasteiger partial charge in [0, 0.05) is 5.56 Å². The summed E-state index contributed by atoms with van der Waals surface area (Å²) in [5.74, 6) is -2.26. The van der Waals surface area contributed by atoms with E-state index in [1.807, 2.05) is 0 Å². The van der Waals surface area contributed by atoms with Crippen molar-refractivity contribution < 1.29 is 33.7 Å². The van der Waals surface area contributed by atoms with Gasteiger partial charge in [0.2, 0.25) is 0 Å². The van der Waals surface area contributed by atoms with Crippen LogP contribution in [0.1, 0.15) is 41.5 Å². The van der Waals surface area contributed by atoms with Crippen LogP contribution < -0.4 is 5.73 Å². The maximum atomic E-state index is 12.2. The monoisotopic (exact) mass is 379 g/mol. The summed E-state index contributed by atoms with van der Waals surface area (Å²) in [7, 11) is 2.35. The molecule has 0 fully saturated rings. The molecule has 1 heterocycles. The molecule has 1 aromatic heterocycles. The number of phenols is 1. The highest BCUT2D eigenvalue weighted by atomic mass is 32.1. The Balaban J connectivity index is 2.32. The van der Waals surface area contributed by atoms with E-state index in [0.29, 0.717) is 5.56 Å². The zero-order valence-corrected chi connectivity index (χ0v) is 15.1. The smallest absolute Gasteiger partial charge is 0.348 e. The Morgan fingerprint density at radius 3 is 2.35 bits per heavy atom. The summed E-state index contributed by atoms with van der Waals surface area (Å²) >= 11 is 0.840. The average molecular weight is 379 g/mol. The molecule has 0 saturated carbocycles. The van der Waals surface area contributed by atoms with Crippen molar-refractivity contribution in [2.24, 2.45) is 0 Å². The van der Waals surface area contributed by atoms with E-state index in [2.05, 4.69) is 9.47 Å². The molecule has 0 amide bonds. The molecule has 0 aliphatic rings. The number of hydrogen-bond donors (Lipinski definition) is 2. The van der Waals surface area contributed by atoms with Crippen molar-refractivity contribution in [1.29, 1.82) is 0 Å². The Morgan fingerprint density at radius 2 is 1.77 bits per heavy atom. The molecule has 0 bridgehead atoms. The molecule has 0 saturated heterocycles. The van der Waals surface area contributed by atoms with Crippen molar-refractivity contribution >= 4 is 34.2 Å². The fraction of sp³-hybridized carbons (Fsp3) is 0.235. The number of nitrogen functional groups attached to an aromatic ring is 1. The second-order valence-corrected chi connectivity index (χ2v) is 6.26. The van der Waals surface area contributed by atoms with Crippen molar-refractivity contribution in [2.75, 3.05) is 20.0 Å². The van der Waals surface area contributed by atoms with Gasteiger partial charge in [-0.1, -0.05) is 6.07 Å². The molecule has 0 spiro atoms. The molecule has 0 unspecified atom stereocenters. The van der Waals surface area contributed by atoms with Gasteiger partial charge in [0.1, 0.15) is 27.8 Å². The second kappa shape index (κ2) is 7.87. The summed E-state index contributed by atoms with van der Waals surface area (Å²) in [6.45, 7) is 1.29. The lowest BCUT2D eigenvalue weighted by atomic mass is 10.1. The second-order valence-electron chi connectivity index (χ2n) is 5.21. The molecule has 8 nitrogen and oxygen atoms in total. The Kier molecular flexibility index (Phi) is 5.83. The molecule has 2 rings (SSSR count). The Morgan fingerprint density at radius 1 is 1.12 bits per heavy atom. The number of ether oxygens (including phenoxy) is 3. The number of thiophene rings is 1. The fourth-order valence-corrected chi connectivity index (χ4v) is 3.14. The van der Waals surface area contributed by atoms with Crippen LogP contribution in [0.3, 0.4) is 0 Å². The topological polar surface area (TPSA) is 125 Å². The fourth-order valence-electron chi connectivity index (χ4n) is 2.16. The van der Waals surface area contributed by atoms with Gasteiger partial charge >= 0.3 is 17.9 Å². The predicted octanol–water partition coefficient (Wildman–Crippen LogP) is 2.27. The van der Waals surface area contributed by atoms with Crippen LogP contribution in [-0.4, -0.2) is 37.2 Å². The number of hydrogen-bond acceptors (Lipinski definition) is 9. The molecular formula is C17H17NO7S. The molecule has 9 heteroatoms. The van der Waals surface area contributed by atoms with E-state index < -0.39 is 24.5 Å². The quantitative estimate of drug-likeness (QED) is 0.599. The number of nitrogens with two attached hydrogens (primary N) is 1. The van der Waals surface area contributed by atoms with Gasteiger partial charge < -0.3 is 25.1 Å². The standard InChI is InChI=1S/C17H17NO7S/c1-8-4-5-9(6-11(8)19)15(20)25-7-10-12(16(21)23-2)14(18)26-13(10)17(22)24-3/h4-6,19H,7,18H2,1-3H3. The number of rotatable bonds is 5. The molecule has 0 aliphatic carbocycles. The Labute approximate surface area is 153 Å². The highest BCUT2D eigenvalue weighted by Crippen LogP contribution is 2.33. The number of carbonyl (C=O) groups excluding carboxylic acids is 3. The molecule has 3 N–H and O–H groups in total. The minimum atomic E-state index is -0.757. The third-order valence-corrected chi connectivity index (χ3v) is 4.63. The van der Waals surface area contributed by atoms with Crippen LogP contribution in [0.2, 0.25) is 0 Å². The minimum Gasteiger partial charge on any atom is -0.508 e. The third-order valence-electron chi connectivity index (χ3n) is 3.59. The maximum absolute atomic E-state index is 12.2. The number of aryl methyl sites for hydroxylation is 1. The van der Waals surface area contributed by atoms with Crippen molar-refractivity contribution in [3.8, 4) is 5.75 Å². The van der Waals surface area contributed by atoms with E-state index in [9.17, 15) is 19.5 Å². The van der Waals surface area contributed by atoms with E-state index in [1.165, 1.54) is 26.4 Å². The lowest BCUT2D eigenvalue weighted by molar-refractivity contribution is 0.0452. The average Bonchev–Trinajstić information content (AvgIpc) is 2.96. The van der Waals surface area contributed by atoms with Gasteiger partial charge in [0.25, 0.3) is 0 Å². The number of carbonyl (C=O) groups is 3. The van der Waals surface area contributed by atoms with E-state index in [1.54, 1.807) is 13.0 Å². The lowest BCUT2D eigenvalue weighted by Crippen LogP contribution is -2.12. The third kappa shape index (κ3) is 3.77. The zero-order valence-electron chi connectivity index (χ0n) is 14.3. The highest BCUT2D eigenvalue weighted by molar-refractivity contribution is 7.18. The van der Waals surface area contributed by atoms with Crippen LogP contribution in [0.15, 0.2) is 18.2 Å². The van der Waals surface area contributed by atoms with Crippen molar-refractivity contribution in [3.63, 3.8) is 0 Å². The number of anilines is 1. The van der Waals surface area contributed by atoms with Crippen LogP contribution in [0.4, 0.5) is 5.00 Å². The maximum Gasteiger partial charge on any atom is 0.348 e. The summed E-state index contributed by atoms with van der Waals surface area (Å²) < 4.78 is 14.5. The van der Waals surface area contributed by atoms with Crippen molar-refractivity contribution in [2.45, 2.75) is 13.5 Å². The van der Waals surface area contributed by atoms with E-state index in [0.717, 1.165) is 11.3 Å². The lowest BCUT2D eigenvalue weighted by Gasteiger charge is -2.08. The van der Waals surface area contributed by atoms with Gasteiger partial charge in [-0.3, -0.25) is 0 Å². The molecule has 1 aromatic carbocycles. The molecular weight excluding hydrogens is 362 g/mol. The van der Waals surface area contributed by atoms with Gasteiger partial charge in [-0.15, -0.1) is 11.3 Å². The van der Waals surface area contributed by atoms with E-state index in [4.69, 9.17) is 10.5 Å². The van der Waals surface area contributed by atoms with Crippen molar-refractivity contribution in [1.82, 2.24) is 0 Å². The first-order valence-electron chi connectivity index (χ1n) is 7.34. The summed E-state index contributed by atoms with van der Waals surface area (Å²) in [5, 5.41) is 9.74. The molecule has 0 radical (unpaired) electrons. The summed E-state index contributed by atoms with van der Waals surface area (Å²) in [5.41, 5.74) is 6.59. The minimum absolute atomic E-state index is 0.0440. The normalized spacial score (nSPS) is 10.3.